The molecule has 26 heteroatoms. The van der Waals surface area contributed by atoms with Crippen LogP contribution in [0.5, 0.6) is 0 Å². The van der Waals surface area contributed by atoms with Crippen LogP contribution in [0.4, 0.5) is 28.8 Å². The molecule has 3 aromatic rings. The lowest BCUT2D eigenvalue weighted by Gasteiger charge is -2.35. The Balaban J connectivity index is -0.00000152. The fraction of sp³-hybridized carbons (Fsp3) is 0.566. The summed E-state index contributed by atoms with van der Waals surface area (Å²) in [5, 5.41) is 24.6. The Kier molecular flexibility index (Phi) is 57.7. The Morgan fingerprint density at radius 1 is 0.432 bits per heavy atom. The third-order valence-corrected chi connectivity index (χ3v) is 36.1. The number of carbonyl (C=O) groups excluding carboxylic acids is 7. The van der Waals surface area contributed by atoms with E-state index in [9.17, 15) is 38.7 Å². The van der Waals surface area contributed by atoms with Gasteiger partial charge in [0.1, 0.15) is 42.9 Å². The standard InChI is InChI=1S/C28H46N2O4Si.C25H30N2O4.C17H35NO3Si.C17H33NO3Si.C9H18N2.C3H7N/c1-11-18-30(26(32)33-21-23-15-13-12-14-16-23)20-24(29-25(31)34-27(3,4)5)22(2)17-19-35(9,10)28(6,7)8;1-4-16-27(25(29)31-19-22-14-10-7-11-15-22)17-23(20(3)5-2)26-24(28)30-18-21-12-8-6-9-13-21;2*1-13(10-11-22(8,9)17(5,6)7)14(12-19)18-15(20)21-16(2,3)4;1-4-6-11-7-9(10)8(3)5-2;1-2-3-4/h11-17,19,22,24H,1,18,20-21H2,2-10H3,(H,29,31);4-15,20,23H,1-2,16-19H2,3H3,(H,26,28);10-11,13-14,19H,12H2,1-9H3,(H,18,20);10-14H,1-9H3,(H,18,20);4-5,8-9,11H,1-2,6-7,10H2,3H3;2H,1,3-4H2/b19-17+;;2*11-10+;;/t22-,24?;20-,23?;2*13-,14+;8-,9?;/m00000./s1. The minimum Gasteiger partial charge on any atom is -0.445 e. The van der Waals surface area contributed by atoms with E-state index in [4.69, 9.17) is 39.9 Å². The smallest absolute Gasteiger partial charge is 0.410 e. The number of rotatable bonds is 38. The van der Waals surface area contributed by atoms with Crippen LogP contribution in [0.25, 0.3) is 0 Å². The van der Waals surface area contributed by atoms with E-state index in [1.807, 2.05) is 178 Å². The monoisotopic (exact) mass is 1790 g/mol. The molecule has 0 radical (unpaired) electrons. The van der Waals surface area contributed by atoms with Crippen molar-refractivity contribution >= 4 is 67.1 Å². The van der Waals surface area contributed by atoms with Gasteiger partial charge in [-0.15, -0.1) is 39.5 Å². The Morgan fingerprint density at radius 2 is 0.736 bits per heavy atom. The fourth-order valence-corrected chi connectivity index (χ4v) is 13.5. The molecule has 125 heavy (non-hydrogen) atoms. The molecule has 0 aliphatic heterocycles. The van der Waals surface area contributed by atoms with E-state index in [1.54, 1.807) is 50.0 Å². The summed E-state index contributed by atoms with van der Waals surface area (Å²) >= 11 is 0. The second kappa shape index (κ2) is 59.9. The second-order valence-corrected chi connectivity index (χ2v) is 55.0. The lowest BCUT2D eigenvalue weighted by atomic mass is 10.0. The number of amides is 6. The van der Waals surface area contributed by atoms with Gasteiger partial charge in [-0.1, -0.05) is 299 Å². The summed E-state index contributed by atoms with van der Waals surface area (Å²) in [6, 6.07) is 26.9. The van der Waals surface area contributed by atoms with Crippen molar-refractivity contribution in [3.05, 3.63) is 219 Å². The average Bonchev–Trinajstić information content (AvgIpc) is 0.848. The van der Waals surface area contributed by atoms with Crippen molar-refractivity contribution in [3.63, 3.8) is 0 Å². The van der Waals surface area contributed by atoms with Crippen molar-refractivity contribution in [2.45, 2.75) is 280 Å². The van der Waals surface area contributed by atoms with Gasteiger partial charge in [0.25, 0.3) is 0 Å². The van der Waals surface area contributed by atoms with Crippen LogP contribution in [0.15, 0.2) is 202 Å². The van der Waals surface area contributed by atoms with Crippen molar-refractivity contribution in [3.8, 4) is 0 Å². The van der Waals surface area contributed by atoms with Gasteiger partial charge in [-0.25, -0.2) is 28.8 Å². The van der Waals surface area contributed by atoms with Gasteiger partial charge in [0.05, 0.1) is 55.0 Å². The zero-order valence-electron chi connectivity index (χ0n) is 82.3. The number of benzene rings is 3. The van der Waals surface area contributed by atoms with Crippen LogP contribution >= 0.6 is 0 Å². The molecule has 10 N–H and O–H groups in total. The third-order valence-electron chi connectivity index (χ3n) is 21.4. The van der Waals surface area contributed by atoms with E-state index >= 15 is 0 Å². The van der Waals surface area contributed by atoms with Gasteiger partial charge in [-0.05, 0) is 118 Å². The molecule has 0 fully saturated rings. The molecule has 0 saturated carbocycles. The number of nitrogens with two attached hydrogens (primary N) is 2. The predicted octanol–water partition coefficient (Wildman–Crippen LogP) is 21.3. The summed E-state index contributed by atoms with van der Waals surface area (Å²) < 4.78 is 32.3. The molecule has 0 spiro atoms. The minimum atomic E-state index is -1.66. The molecule has 0 saturated heterocycles. The van der Waals surface area contributed by atoms with E-state index in [1.165, 1.54) is 4.90 Å². The number of aliphatic hydroxyl groups is 1. The van der Waals surface area contributed by atoms with Gasteiger partial charge in [0, 0.05) is 57.8 Å². The number of aliphatic hydroxyl groups excluding tert-OH is 1. The molecular weight excluding hydrogens is 1620 g/mol. The maximum Gasteiger partial charge on any atom is 0.410 e. The van der Waals surface area contributed by atoms with Crippen LogP contribution in [0.2, 0.25) is 54.4 Å². The molecule has 706 valence electrons. The molecule has 0 heterocycles. The molecule has 0 aliphatic carbocycles. The number of ether oxygens (including phenoxy) is 6. The summed E-state index contributed by atoms with van der Waals surface area (Å²) in [5.74, 6) is 0.211. The summed E-state index contributed by atoms with van der Waals surface area (Å²) in [6.07, 6.45) is 14.4. The van der Waals surface area contributed by atoms with Gasteiger partial charge in [-0.3, -0.25) is 0 Å². The van der Waals surface area contributed by atoms with E-state index in [0.29, 0.717) is 19.0 Å². The summed E-state index contributed by atoms with van der Waals surface area (Å²) in [7, 11) is -4.72. The fourth-order valence-electron chi connectivity index (χ4n) is 9.64. The second-order valence-electron chi connectivity index (χ2n) is 39.2. The number of carbonyl (C=O) groups is 7. The highest BCUT2D eigenvalue weighted by Gasteiger charge is 2.37. The minimum absolute atomic E-state index is 0.0362. The van der Waals surface area contributed by atoms with Crippen LogP contribution in [-0.4, -0.2) is 181 Å². The SMILES string of the molecule is C=CCN.C=CCN(CC(NC(=O)OC(C)(C)C)[C@@H](C)/C=C/[Si](C)(C)C(C)(C)C)C(=O)OCc1ccccc1.C=CCN(CC(NC(=O)OCc1ccccc1)[C@@H](C)C=C)C(=O)OCc1ccccc1.C=CCNCC(N)[C@@H](C)C=C.C[C@@H](/C=C/[Si](C)(C)C(C)(C)C)[C@@H](C=O)NC(=O)OC(C)(C)C.C[C@@H](/C=C/[Si](C)(C)C(C)(C)C)[C@@H](CO)NC(=O)OC(C)(C)C. The first-order chi connectivity index (χ1) is 57.6. The first-order valence-corrected chi connectivity index (χ1v) is 52.7. The molecule has 10 atom stereocenters. The number of aldehydes is 1. The Hall–Kier alpha value is -8.90. The van der Waals surface area contributed by atoms with Crippen molar-refractivity contribution in [1.29, 1.82) is 0 Å². The maximum atomic E-state index is 12.9. The average molecular weight is 1790 g/mol. The lowest BCUT2D eigenvalue weighted by Crippen LogP contribution is -2.50. The Morgan fingerprint density at radius 3 is 1.03 bits per heavy atom. The zero-order chi connectivity index (χ0) is 97.0. The highest BCUT2D eigenvalue weighted by Crippen LogP contribution is 2.39. The Bertz CT molecular complexity index is 3720. The maximum absolute atomic E-state index is 12.9. The topological polar surface area (TPSA) is 314 Å². The van der Waals surface area contributed by atoms with Crippen LogP contribution < -0.4 is 38.1 Å². The molecule has 3 aromatic carbocycles. The van der Waals surface area contributed by atoms with Gasteiger partial charge in [-0.2, -0.15) is 0 Å². The molecule has 0 aliphatic rings. The van der Waals surface area contributed by atoms with E-state index in [-0.39, 0.29) is 103 Å². The first-order valence-electron chi connectivity index (χ1n) is 43.5. The van der Waals surface area contributed by atoms with Crippen molar-refractivity contribution in [1.82, 2.24) is 36.4 Å². The summed E-state index contributed by atoms with van der Waals surface area (Å²) in [6.45, 7) is 86.1. The summed E-state index contributed by atoms with van der Waals surface area (Å²) in [5.41, 5.74) is 18.6. The first kappa shape index (κ1) is 120. The zero-order valence-corrected chi connectivity index (χ0v) is 85.3. The molecule has 0 aromatic heterocycles. The summed E-state index contributed by atoms with van der Waals surface area (Å²) in [4.78, 5) is 88.5. The Labute approximate surface area is 759 Å². The largest absolute Gasteiger partial charge is 0.445 e. The van der Waals surface area contributed by atoms with Crippen LogP contribution in [0, 0.1) is 29.6 Å². The van der Waals surface area contributed by atoms with Gasteiger partial charge < -0.3 is 86.2 Å². The van der Waals surface area contributed by atoms with Gasteiger partial charge >= 0.3 is 36.6 Å². The van der Waals surface area contributed by atoms with Crippen LogP contribution in [-0.2, 0) is 53.0 Å². The molecule has 3 rings (SSSR count). The van der Waals surface area contributed by atoms with Gasteiger partial charge in [0.15, 0.2) is 0 Å². The highest BCUT2D eigenvalue weighted by atomic mass is 28.3. The number of nitrogens with one attached hydrogen (secondary N) is 5. The van der Waals surface area contributed by atoms with Crippen molar-refractivity contribution in [2.75, 3.05) is 52.4 Å². The number of hydrogen-bond donors (Lipinski definition) is 8. The number of hydrogen-bond acceptors (Lipinski definition) is 17. The number of nitrogens with zero attached hydrogens (tertiary/aromatic N) is 2. The van der Waals surface area contributed by atoms with Crippen molar-refractivity contribution < 1.29 is 67.1 Å². The van der Waals surface area contributed by atoms with Crippen LogP contribution in [0.1, 0.15) is 176 Å². The highest BCUT2D eigenvalue weighted by molar-refractivity contribution is 6.85. The van der Waals surface area contributed by atoms with E-state index in [0.717, 1.165) is 36.1 Å². The predicted molar refractivity (Wildman–Crippen MR) is 528 cm³/mol. The molecule has 23 nitrogen and oxygen atoms in total. The number of alkyl carbamates (subject to hydrolysis) is 4. The molecule has 6 amide bonds. The third kappa shape index (κ3) is 56.0. The van der Waals surface area contributed by atoms with Gasteiger partial charge in [0.2, 0.25) is 0 Å². The van der Waals surface area contributed by atoms with E-state index in [2.05, 4.69) is 204 Å². The normalized spacial score (nSPS) is 14.3. The lowest BCUT2D eigenvalue weighted by molar-refractivity contribution is -0.110. The molecular formula is C99H169N9O14Si3. The van der Waals surface area contributed by atoms with Crippen molar-refractivity contribution in [2.24, 2.45) is 41.1 Å². The van der Waals surface area contributed by atoms with Crippen LogP contribution in [0.3, 0.4) is 0 Å². The molecule has 0 bridgehead atoms. The molecule has 3 unspecified atom stereocenters. The quantitative estimate of drug-likeness (QED) is 0.00869. The van der Waals surface area contributed by atoms with E-state index < -0.39 is 89.7 Å².